The number of anilines is 1. The summed E-state index contributed by atoms with van der Waals surface area (Å²) >= 11 is 0. The molecule has 1 saturated heterocycles. The molecule has 1 aliphatic heterocycles. The zero-order valence-corrected chi connectivity index (χ0v) is 26.8. The van der Waals surface area contributed by atoms with Crippen molar-refractivity contribution in [1.82, 2.24) is 26.2 Å². The Morgan fingerprint density at radius 2 is 1.74 bits per heavy atom. The summed E-state index contributed by atoms with van der Waals surface area (Å²) in [7, 11) is 0. The van der Waals surface area contributed by atoms with Crippen LogP contribution >= 0.6 is 0 Å². The minimum atomic E-state index is -1.03. The molecule has 0 saturated carbocycles. The standard InChI is InChI=1S/C30H47N7O9/c1-5-37(22-12-13-25(40)45-17-22)30(44)46-16-20-8-10-21(11-9-20)34-27(41)23(7-6-14-32-29(31)43)35-28(42)26(18(2)3)36-24(39)15-33-19(4)38/h8-11,18,22-23,25-26,40H,5-7,12-17H2,1-4H3,(H,33,38)(H,34,41)(H,35,42)(H,36,39)(H3,31,32,43)/t22-,23+,25-,26+/m1/s1. The molecule has 0 aliphatic carbocycles. The van der Waals surface area contributed by atoms with Gasteiger partial charge in [0.1, 0.15) is 18.7 Å². The van der Waals surface area contributed by atoms with Gasteiger partial charge in [-0.05, 0) is 49.8 Å². The Labute approximate surface area is 268 Å². The summed E-state index contributed by atoms with van der Waals surface area (Å²) in [4.78, 5) is 75.2. The van der Waals surface area contributed by atoms with Crippen LogP contribution in [0.3, 0.4) is 0 Å². The van der Waals surface area contributed by atoms with Gasteiger partial charge in [-0.15, -0.1) is 0 Å². The fourth-order valence-electron chi connectivity index (χ4n) is 4.66. The molecule has 0 radical (unpaired) electrons. The van der Waals surface area contributed by atoms with Crippen LogP contribution in [0.15, 0.2) is 24.3 Å². The lowest BCUT2D eigenvalue weighted by atomic mass is 10.0. The number of primary amides is 1. The van der Waals surface area contributed by atoms with Crippen LogP contribution in [0.2, 0.25) is 0 Å². The number of urea groups is 1. The van der Waals surface area contributed by atoms with E-state index in [0.29, 0.717) is 37.1 Å². The Morgan fingerprint density at radius 1 is 1.04 bits per heavy atom. The van der Waals surface area contributed by atoms with Crippen LogP contribution in [-0.4, -0.2) is 96.4 Å². The molecule has 1 heterocycles. The highest BCUT2D eigenvalue weighted by atomic mass is 16.6. The van der Waals surface area contributed by atoms with E-state index in [1.807, 2.05) is 6.92 Å². The van der Waals surface area contributed by atoms with Crippen molar-refractivity contribution < 1.29 is 43.3 Å². The van der Waals surface area contributed by atoms with Crippen molar-refractivity contribution in [2.24, 2.45) is 11.7 Å². The maximum absolute atomic E-state index is 13.3. The number of rotatable bonds is 16. The van der Waals surface area contributed by atoms with Gasteiger partial charge in [0.2, 0.25) is 23.6 Å². The second-order valence-corrected chi connectivity index (χ2v) is 11.2. The molecule has 2 rings (SSSR count). The molecule has 46 heavy (non-hydrogen) atoms. The average Bonchev–Trinajstić information content (AvgIpc) is 3.00. The first kappa shape index (κ1) is 37.7. The Hall–Kier alpha value is -4.44. The monoisotopic (exact) mass is 649 g/mol. The summed E-state index contributed by atoms with van der Waals surface area (Å²) < 4.78 is 10.7. The van der Waals surface area contributed by atoms with Gasteiger partial charge in [-0.25, -0.2) is 9.59 Å². The third-order valence-electron chi connectivity index (χ3n) is 7.19. The molecule has 7 amide bonds. The molecular formula is C30H47N7O9. The van der Waals surface area contributed by atoms with Gasteiger partial charge in [-0.3, -0.25) is 19.2 Å². The summed E-state index contributed by atoms with van der Waals surface area (Å²) in [5.41, 5.74) is 6.22. The van der Waals surface area contributed by atoms with Crippen molar-refractivity contribution >= 4 is 41.4 Å². The largest absolute Gasteiger partial charge is 0.445 e. The first-order valence-corrected chi connectivity index (χ1v) is 15.3. The molecule has 1 fully saturated rings. The molecule has 1 aromatic carbocycles. The lowest BCUT2D eigenvalue weighted by Crippen LogP contribution is -2.55. The normalized spacial score (nSPS) is 17.2. The molecule has 4 atom stereocenters. The SMILES string of the molecule is CCN(C(=O)OCc1ccc(NC(=O)[C@H](CCCNC(N)=O)NC(=O)[C@@H](NC(=O)CNC(C)=O)C(C)C)cc1)[C@@H]1CC[C@H](O)OC1. The highest BCUT2D eigenvalue weighted by Crippen LogP contribution is 2.19. The highest BCUT2D eigenvalue weighted by molar-refractivity contribution is 5.98. The van der Waals surface area contributed by atoms with E-state index in [-0.39, 0.29) is 44.7 Å². The molecule has 1 aliphatic rings. The first-order chi connectivity index (χ1) is 21.8. The van der Waals surface area contributed by atoms with Crippen LogP contribution in [-0.2, 0) is 35.3 Å². The number of amides is 7. The smallest absolute Gasteiger partial charge is 0.410 e. The number of aliphatic hydroxyl groups is 1. The summed E-state index contributed by atoms with van der Waals surface area (Å²) in [5, 5.41) is 22.4. The quantitative estimate of drug-likeness (QED) is 0.122. The van der Waals surface area contributed by atoms with Gasteiger partial charge in [-0.2, -0.15) is 0 Å². The molecule has 0 aromatic heterocycles. The molecule has 1 aromatic rings. The molecule has 0 unspecified atom stereocenters. The van der Waals surface area contributed by atoms with Crippen molar-refractivity contribution in [1.29, 1.82) is 0 Å². The minimum Gasteiger partial charge on any atom is -0.445 e. The van der Waals surface area contributed by atoms with E-state index in [1.54, 1.807) is 43.0 Å². The van der Waals surface area contributed by atoms with Gasteiger partial charge >= 0.3 is 12.1 Å². The van der Waals surface area contributed by atoms with Gasteiger partial charge in [-0.1, -0.05) is 26.0 Å². The number of carbonyl (C=O) groups excluding carboxylic acids is 6. The van der Waals surface area contributed by atoms with Crippen LogP contribution in [0.25, 0.3) is 0 Å². The molecule has 0 spiro atoms. The van der Waals surface area contributed by atoms with E-state index < -0.39 is 54.1 Å². The number of ether oxygens (including phenoxy) is 2. The van der Waals surface area contributed by atoms with E-state index in [9.17, 15) is 33.9 Å². The van der Waals surface area contributed by atoms with E-state index in [4.69, 9.17) is 15.2 Å². The fourth-order valence-corrected chi connectivity index (χ4v) is 4.66. The van der Waals surface area contributed by atoms with Gasteiger partial charge in [0.25, 0.3) is 0 Å². The van der Waals surface area contributed by atoms with E-state index in [0.717, 1.165) is 0 Å². The zero-order chi connectivity index (χ0) is 34.2. The minimum absolute atomic E-state index is 0.00441. The van der Waals surface area contributed by atoms with Gasteiger partial charge in [0.15, 0.2) is 6.29 Å². The van der Waals surface area contributed by atoms with E-state index in [2.05, 4.69) is 26.6 Å². The van der Waals surface area contributed by atoms with Gasteiger partial charge in [0.05, 0.1) is 19.2 Å². The van der Waals surface area contributed by atoms with Crippen LogP contribution in [0.5, 0.6) is 0 Å². The summed E-state index contributed by atoms with van der Waals surface area (Å²) in [5.74, 6) is -2.42. The number of likely N-dealkylation sites (N-methyl/N-ethyl adjacent to an activating group) is 1. The van der Waals surface area contributed by atoms with Gasteiger partial charge in [0, 0.05) is 32.1 Å². The van der Waals surface area contributed by atoms with Crippen LogP contribution in [0.1, 0.15) is 58.9 Å². The fraction of sp³-hybridized carbons (Fsp3) is 0.600. The Morgan fingerprint density at radius 3 is 2.30 bits per heavy atom. The van der Waals surface area contributed by atoms with E-state index >= 15 is 0 Å². The van der Waals surface area contributed by atoms with Crippen molar-refractivity contribution in [3.63, 3.8) is 0 Å². The average molecular weight is 650 g/mol. The number of carbonyl (C=O) groups is 6. The molecule has 256 valence electrons. The lowest BCUT2D eigenvalue weighted by molar-refractivity contribution is -0.143. The third kappa shape index (κ3) is 13.3. The zero-order valence-electron chi connectivity index (χ0n) is 26.8. The Kier molecular flexibility index (Phi) is 15.7. The maximum atomic E-state index is 13.3. The highest BCUT2D eigenvalue weighted by Gasteiger charge is 2.30. The summed E-state index contributed by atoms with van der Waals surface area (Å²) in [6.07, 6.45) is 0.186. The van der Waals surface area contributed by atoms with Crippen LogP contribution in [0, 0.1) is 5.92 Å². The van der Waals surface area contributed by atoms with Crippen molar-refractivity contribution in [3.05, 3.63) is 29.8 Å². The molecule has 16 heteroatoms. The third-order valence-corrected chi connectivity index (χ3v) is 7.19. The number of aliphatic hydroxyl groups excluding tert-OH is 1. The second-order valence-electron chi connectivity index (χ2n) is 11.2. The molecule has 0 bridgehead atoms. The Bertz CT molecular complexity index is 1190. The Balaban J connectivity index is 2.02. The van der Waals surface area contributed by atoms with E-state index in [1.165, 1.54) is 6.92 Å². The number of hydrogen-bond acceptors (Lipinski definition) is 9. The van der Waals surface area contributed by atoms with Crippen LogP contribution in [0.4, 0.5) is 15.3 Å². The van der Waals surface area contributed by atoms with Gasteiger partial charge < -0.3 is 51.8 Å². The number of hydrogen-bond donors (Lipinski definition) is 7. The molecule has 8 N–H and O–H groups in total. The van der Waals surface area contributed by atoms with Crippen molar-refractivity contribution in [2.45, 2.75) is 84.4 Å². The number of nitrogens with two attached hydrogens (primary N) is 1. The predicted octanol–water partition coefficient (Wildman–Crippen LogP) is 0.291. The predicted molar refractivity (Wildman–Crippen MR) is 167 cm³/mol. The lowest BCUT2D eigenvalue weighted by Gasteiger charge is -2.34. The van der Waals surface area contributed by atoms with Crippen LogP contribution < -0.4 is 32.3 Å². The molecular weight excluding hydrogens is 602 g/mol. The first-order valence-electron chi connectivity index (χ1n) is 15.3. The number of nitrogens with one attached hydrogen (secondary N) is 5. The topological polar surface area (TPSA) is 231 Å². The summed E-state index contributed by atoms with van der Waals surface area (Å²) in [6, 6.07) is 3.71. The number of benzene rings is 1. The van der Waals surface area contributed by atoms with Crippen molar-refractivity contribution in [2.75, 3.05) is 31.6 Å². The molecule has 16 nitrogen and oxygen atoms in total. The maximum Gasteiger partial charge on any atom is 0.410 e. The number of nitrogens with zero attached hydrogens (tertiary/aromatic N) is 1. The summed E-state index contributed by atoms with van der Waals surface area (Å²) in [6.45, 7) is 7.07. The van der Waals surface area contributed by atoms with Crippen molar-refractivity contribution in [3.8, 4) is 0 Å². The second kappa shape index (κ2) is 19.2.